The van der Waals surface area contributed by atoms with E-state index in [2.05, 4.69) is 0 Å². The molecule has 1 aliphatic rings. The summed E-state index contributed by atoms with van der Waals surface area (Å²) in [6.07, 6.45) is -0.648. The van der Waals surface area contributed by atoms with Gasteiger partial charge < -0.3 is 14.7 Å². The van der Waals surface area contributed by atoms with Gasteiger partial charge in [-0.25, -0.2) is 4.79 Å². The molecule has 2 atom stereocenters. The van der Waals surface area contributed by atoms with E-state index in [4.69, 9.17) is 9.84 Å². The number of carboxylic acids is 1. The van der Waals surface area contributed by atoms with Crippen LogP contribution in [-0.2, 0) is 14.3 Å². The third kappa shape index (κ3) is 3.48. The van der Waals surface area contributed by atoms with Crippen LogP contribution >= 0.6 is 0 Å². The molecule has 0 bridgehead atoms. The molecule has 1 unspecified atom stereocenters. The van der Waals surface area contributed by atoms with Crippen molar-refractivity contribution in [1.82, 2.24) is 4.90 Å². The van der Waals surface area contributed by atoms with Crippen LogP contribution in [0.5, 0.6) is 0 Å². The molecule has 1 rings (SSSR count). The van der Waals surface area contributed by atoms with Crippen LogP contribution in [0.25, 0.3) is 0 Å². The summed E-state index contributed by atoms with van der Waals surface area (Å²) in [6.45, 7) is 6.36. The van der Waals surface area contributed by atoms with E-state index in [1.807, 2.05) is 13.8 Å². The van der Waals surface area contributed by atoms with Crippen molar-refractivity contribution < 1.29 is 19.4 Å². The number of ether oxygens (including phenoxy) is 1. The van der Waals surface area contributed by atoms with Gasteiger partial charge in [0, 0.05) is 13.0 Å². The molecule has 92 valence electrons. The van der Waals surface area contributed by atoms with E-state index in [9.17, 15) is 9.59 Å². The lowest BCUT2D eigenvalue weighted by molar-refractivity contribution is -0.166. The molecule has 1 fully saturated rings. The highest BCUT2D eigenvalue weighted by Crippen LogP contribution is 2.14. The summed E-state index contributed by atoms with van der Waals surface area (Å²) in [4.78, 5) is 24.2. The smallest absolute Gasteiger partial charge is 0.334 e. The van der Waals surface area contributed by atoms with Gasteiger partial charge in [-0.05, 0) is 12.8 Å². The molecule has 1 amide bonds. The third-order valence-electron chi connectivity index (χ3n) is 2.47. The first-order valence-corrected chi connectivity index (χ1v) is 5.56. The Morgan fingerprint density at radius 1 is 1.44 bits per heavy atom. The van der Waals surface area contributed by atoms with E-state index in [0.29, 0.717) is 13.0 Å². The second-order valence-electron chi connectivity index (χ2n) is 4.67. The zero-order chi connectivity index (χ0) is 12.3. The molecule has 0 spiro atoms. The minimum atomic E-state index is -1.01. The summed E-state index contributed by atoms with van der Waals surface area (Å²) in [6, 6.07) is 0. The average molecular weight is 229 g/mol. The van der Waals surface area contributed by atoms with Crippen molar-refractivity contribution in [2.75, 3.05) is 13.1 Å². The number of rotatable bonds is 3. The fourth-order valence-corrected chi connectivity index (χ4v) is 1.77. The minimum absolute atomic E-state index is 0.0106. The molecule has 0 radical (unpaired) electrons. The van der Waals surface area contributed by atoms with E-state index in [0.717, 1.165) is 0 Å². The number of morpholine rings is 1. The van der Waals surface area contributed by atoms with Gasteiger partial charge in [0.05, 0.1) is 12.6 Å². The molecule has 1 saturated heterocycles. The molecule has 16 heavy (non-hydrogen) atoms. The van der Waals surface area contributed by atoms with Crippen LogP contribution in [0.3, 0.4) is 0 Å². The second kappa shape index (κ2) is 5.30. The largest absolute Gasteiger partial charge is 0.479 e. The minimum Gasteiger partial charge on any atom is -0.479 e. The molecule has 1 aliphatic heterocycles. The molecule has 1 heterocycles. The van der Waals surface area contributed by atoms with E-state index >= 15 is 0 Å². The van der Waals surface area contributed by atoms with Crippen molar-refractivity contribution in [3.63, 3.8) is 0 Å². The average Bonchev–Trinajstić information content (AvgIpc) is 2.15. The zero-order valence-corrected chi connectivity index (χ0v) is 9.97. The number of carbonyl (C=O) groups excluding carboxylic acids is 1. The molecule has 0 aromatic rings. The third-order valence-corrected chi connectivity index (χ3v) is 2.47. The Kier molecular flexibility index (Phi) is 4.29. The van der Waals surface area contributed by atoms with E-state index in [-0.39, 0.29) is 24.5 Å². The van der Waals surface area contributed by atoms with Crippen LogP contribution in [0.2, 0.25) is 0 Å². The molecular formula is C11H19NO4. The molecule has 5 heteroatoms. The van der Waals surface area contributed by atoms with Crippen LogP contribution in [0, 0.1) is 5.92 Å². The molecule has 0 saturated carbocycles. The van der Waals surface area contributed by atoms with Crippen molar-refractivity contribution in [1.29, 1.82) is 0 Å². The Hall–Kier alpha value is -1.10. The molecule has 0 aliphatic carbocycles. The summed E-state index contributed by atoms with van der Waals surface area (Å²) in [5.74, 6) is -0.709. The monoisotopic (exact) mass is 229 g/mol. The maximum absolute atomic E-state index is 11.8. The lowest BCUT2D eigenvalue weighted by Gasteiger charge is -2.35. The summed E-state index contributed by atoms with van der Waals surface area (Å²) >= 11 is 0. The predicted molar refractivity (Wildman–Crippen MR) is 58.0 cm³/mol. The van der Waals surface area contributed by atoms with Gasteiger partial charge in [0.15, 0.2) is 6.10 Å². The van der Waals surface area contributed by atoms with Gasteiger partial charge in [-0.3, -0.25) is 4.79 Å². The Balaban J connectivity index is 2.59. The van der Waals surface area contributed by atoms with E-state index in [1.165, 1.54) is 0 Å². The summed E-state index contributed by atoms with van der Waals surface area (Å²) in [7, 11) is 0. The highest BCUT2D eigenvalue weighted by Gasteiger charge is 2.32. The van der Waals surface area contributed by atoms with Crippen molar-refractivity contribution in [2.24, 2.45) is 5.92 Å². The second-order valence-corrected chi connectivity index (χ2v) is 4.67. The first kappa shape index (κ1) is 13.0. The normalized spacial score (nSPS) is 25.9. The molecule has 0 aromatic heterocycles. The topological polar surface area (TPSA) is 66.8 Å². The van der Waals surface area contributed by atoms with Gasteiger partial charge in [0.1, 0.15) is 0 Å². The number of aliphatic carboxylic acids is 1. The number of nitrogens with zero attached hydrogens (tertiary/aromatic N) is 1. The van der Waals surface area contributed by atoms with Gasteiger partial charge in [-0.15, -0.1) is 0 Å². The fraction of sp³-hybridized carbons (Fsp3) is 0.818. The van der Waals surface area contributed by atoms with Crippen molar-refractivity contribution in [2.45, 2.75) is 39.4 Å². The van der Waals surface area contributed by atoms with Crippen LogP contribution in [0.4, 0.5) is 0 Å². The number of carbonyl (C=O) groups is 2. The predicted octanol–water partition coefficient (Wildman–Crippen LogP) is 0.733. The van der Waals surface area contributed by atoms with Crippen molar-refractivity contribution >= 4 is 11.9 Å². The number of carboxylic acid groups (broad SMARTS) is 1. The maximum atomic E-state index is 11.8. The Bertz CT molecular complexity index is 277. The summed E-state index contributed by atoms with van der Waals surface area (Å²) < 4.78 is 5.24. The standard InChI is InChI=1S/C11H19NO4/c1-7(2)4-10(13)12-5-8(3)16-9(6-12)11(14)15/h7-9H,4-6H2,1-3H3,(H,14,15)/t8-,9?/m1/s1. The number of hydrogen-bond acceptors (Lipinski definition) is 3. The Morgan fingerprint density at radius 3 is 2.56 bits per heavy atom. The van der Waals surface area contributed by atoms with Gasteiger partial charge in [-0.1, -0.05) is 13.8 Å². The first-order valence-electron chi connectivity index (χ1n) is 5.56. The fourth-order valence-electron chi connectivity index (χ4n) is 1.77. The van der Waals surface area contributed by atoms with Gasteiger partial charge >= 0.3 is 5.97 Å². The lowest BCUT2D eigenvalue weighted by Crippen LogP contribution is -2.51. The molecular weight excluding hydrogens is 210 g/mol. The quantitative estimate of drug-likeness (QED) is 0.774. The van der Waals surface area contributed by atoms with Gasteiger partial charge in [0.25, 0.3) is 0 Å². The highest BCUT2D eigenvalue weighted by atomic mass is 16.5. The van der Waals surface area contributed by atoms with Crippen LogP contribution in [-0.4, -0.2) is 47.2 Å². The van der Waals surface area contributed by atoms with Gasteiger partial charge in [-0.2, -0.15) is 0 Å². The highest BCUT2D eigenvalue weighted by molar-refractivity contribution is 5.78. The van der Waals surface area contributed by atoms with Crippen molar-refractivity contribution in [3.8, 4) is 0 Å². The number of amides is 1. The van der Waals surface area contributed by atoms with Gasteiger partial charge in [0.2, 0.25) is 5.91 Å². The van der Waals surface area contributed by atoms with Crippen molar-refractivity contribution in [3.05, 3.63) is 0 Å². The molecule has 1 N–H and O–H groups in total. The van der Waals surface area contributed by atoms with Crippen LogP contribution in [0.1, 0.15) is 27.2 Å². The Labute approximate surface area is 95.4 Å². The SMILES string of the molecule is CC(C)CC(=O)N1CC(C(=O)O)O[C@H](C)C1. The van der Waals surface area contributed by atoms with E-state index in [1.54, 1.807) is 11.8 Å². The maximum Gasteiger partial charge on any atom is 0.334 e. The first-order chi connectivity index (χ1) is 7.40. The van der Waals surface area contributed by atoms with Crippen LogP contribution < -0.4 is 0 Å². The molecule has 0 aromatic carbocycles. The van der Waals surface area contributed by atoms with E-state index < -0.39 is 12.1 Å². The summed E-state index contributed by atoms with van der Waals surface area (Å²) in [5, 5.41) is 8.87. The van der Waals surface area contributed by atoms with Crippen LogP contribution in [0.15, 0.2) is 0 Å². The Morgan fingerprint density at radius 2 is 2.06 bits per heavy atom. The zero-order valence-electron chi connectivity index (χ0n) is 9.97. The lowest BCUT2D eigenvalue weighted by atomic mass is 10.1. The summed E-state index contributed by atoms with van der Waals surface area (Å²) in [5.41, 5.74) is 0. The number of hydrogen-bond donors (Lipinski definition) is 1. The molecule has 5 nitrogen and oxygen atoms in total.